The van der Waals surface area contributed by atoms with Crippen molar-refractivity contribution in [3.05, 3.63) is 12.2 Å². The summed E-state index contributed by atoms with van der Waals surface area (Å²) in [4.78, 5) is 35.1. The number of esters is 2. The Labute approximate surface area is 92.6 Å². The van der Waals surface area contributed by atoms with Crippen LogP contribution in [0.3, 0.4) is 0 Å². The molecule has 4 rings (SSSR count). The zero-order chi connectivity index (χ0) is 11.5. The van der Waals surface area contributed by atoms with E-state index in [1.54, 1.807) is 0 Å². The maximum absolute atomic E-state index is 11.8. The van der Waals surface area contributed by atoms with E-state index in [9.17, 15) is 14.4 Å². The van der Waals surface area contributed by atoms with Gasteiger partial charge in [0, 0.05) is 0 Å². The number of ether oxygens (including phenoxy) is 1. The standard InChI is InChI=1S/C12H12O4/c1-6(13)12-4-2-7(3-5-12)8-9(12)11(15)16-10(8)14/h2,4,7-9H,3,5H2,1H3/t7-,8-,9-,12-/m0/s1. The molecule has 1 saturated carbocycles. The van der Waals surface area contributed by atoms with E-state index >= 15 is 0 Å². The van der Waals surface area contributed by atoms with Gasteiger partial charge in [-0.05, 0) is 25.7 Å². The molecule has 0 amide bonds. The average molecular weight is 220 g/mol. The number of allylic oxidation sites excluding steroid dienone is 2. The van der Waals surface area contributed by atoms with Gasteiger partial charge in [0.1, 0.15) is 5.78 Å². The van der Waals surface area contributed by atoms with Gasteiger partial charge in [-0.15, -0.1) is 0 Å². The Balaban J connectivity index is 2.16. The highest BCUT2D eigenvalue weighted by atomic mass is 16.6. The van der Waals surface area contributed by atoms with E-state index in [2.05, 4.69) is 0 Å². The Morgan fingerprint density at radius 2 is 2.19 bits per heavy atom. The van der Waals surface area contributed by atoms with Crippen LogP contribution in [0.4, 0.5) is 0 Å². The van der Waals surface area contributed by atoms with Crippen LogP contribution in [0.15, 0.2) is 12.2 Å². The van der Waals surface area contributed by atoms with E-state index in [1.165, 1.54) is 6.92 Å². The average Bonchev–Trinajstić information content (AvgIpc) is 2.58. The minimum absolute atomic E-state index is 0.0384. The maximum atomic E-state index is 11.8. The Hall–Kier alpha value is -1.45. The summed E-state index contributed by atoms with van der Waals surface area (Å²) in [6, 6.07) is 0. The first-order valence-corrected chi connectivity index (χ1v) is 5.52. The van der Waals surface area contributed by atoms with Crippen LogP contribution < -0.4 is 0 Å². The predicted molar refractivity (Wildman–Crippen MR) is 53.1 cm³/mol. The fraction of sp³-hybridized carbons (Fsp3) is 0.583. The van der Waals surface area contributed by atoms with Gasteiger partial charge in [-0.2, -0.15) is 0 Å². The molecule has 1 saturated heterocycles. The van der Waals surface area contributed by atoms with Gasteiger partial charge in [-0.1, -0.05) is 12.2 Å². The number of cyclic esters (lactones) is 2. The molecule has 3 aliphatic carbocycles. The molecule has 4 nitrogen and oxygen atoms in total. The fourth-order valence-electron chi connectivity index (χ4n) is 3.42. The first-order valence-electron chi connectivity index (χ1n) is 5.52. The van der Waals surface area contributed by atoms with Crippen LogP contribution in [-0.2, 0) is 19.1 Å². The van der Waals surface area contributed by atoms with E-state index < -0.39 is 29.2 Å². The number of hydrogen-bond donors (Lipinski definition) is 0. The number of rotatable bonds is 1. The molecular weight excluding hydrogens is 208 g/mol. The van der Waals surface area contributed by atoms with Crippen molar-refractivity contribution in [3.63, 3.8) is 0 Å². The van der Waals surface area contributed by atoms with Crippen molar-refractivity contribution < 1.29 is 19.1 Å². The van der Waals surface area contributed by atoms with Crippen molar-refractivity contribution in [2.45, 2.75) is 19.8 Å². The first kappa shape index (κ1) is 9.75. The molecule has 2 fully saturated rings. The third-order valence-electron chi connectivity index (χ3n) is 4.29. The molecule has 16 heavy (non-hydrogen) atoms. The van der Waals surface area contributed by atoms with E-state index in [-0.39, 0.29) is 11.7 Å². The van der Waals surface area contributed by atoms with E-state index in [0.29, 0.717) is 6.42 Å². The van der Waals surface area contributed by atoms with Gasteiger partial charge in [0.25, 0.3) is 0 Å². The Bertz CT molecular complexity index is 436. The minimum atomic E-state index is -0.775. The number of Topliss-reactive ketones (excluding diaryl/α,β-unsaturated/α-hetero) is 1. The summed E-state index contributed by atoms with van der Waals surface area (Å²) >= 11 is 0. The van der Waals surface area contributed by atoms with Crippen LogP contribution in [0.1, 0.15) is 19.8 Å². The highest BCUT2D eigenvalue weighted by molar-refractivity contribution is 6.02. The summed E-state index contributed by atoms with van der Waals surface area (Å²) in [6.45, 7) is 1.49. The Morgan fingerprint density at radius 3 is 2.75 bits per heavy atom. The molecular formula is C12H12O4. The van der Waals surface area contributed by atoms with Gasteiger partial charge in [-0.25, -0.2) is 0 Å². The number of fused-ring (bicyclic) bond motifs is 1. The topological polar surface area (TPSA) is 60.4 Å². The summed E-state index contributed by atoms with van der Waals surface area (Å²) in [7, 11) is 0. The molecule has 2 bridgehead atoms. The minimum Gasteiger partial charge on any atom is -0.393 e. The van der Waals surface area contributed by atoms with Crippen LogP contribution >= 0.6 is 0 Å². The highest BCUT2D eigenvalue weighted by Gasteiger charge is 2.63. The molecule has 1 aliphatic heterocycles. The smallest absolute Gasteiger partial charge is 0.318 e. The monoisotopic (exact) mass is 220 g/mol. The van der Waals surface area contributed by atoms with Crippen molar-refractivity contribution in [3.8, 4) is 0 Å². The van der Waals surface area contributed by atoms with Gasteiger partial charge < -0.3 is 4.74 Å². The van der Waals surface area contributed by atoms with Crippen LogP contribution in [0, 0.1) is 23.2 Å². The quantitative estimate of drug-likeness (QED) is 0.373. The van der Waals surface area contributed by atoms with Crippen molar-refractivity contribution >= 4 is 17.7 Å². The number of carbonyl (C=O) groups excluding carboxylic acids is 3. The van der Waals surface area contributed by atoms with Crippen LogP contribution in [-0.4, -0.2) is 17.7 Å². The van der Waals surface area contributed by atoms with E-state index in [0.717, 1.165) is 6.42 Å². The summed E-state index contributed by atoms with van der Waals surface area (Å²) < 4.78 is 4.69. The molecule has 0 unspecified atom stereocenters. The molecule has 0 aromatic rings. The Kier molecular flexibility index (Phi) is 1.71. The lowest BCUT2D eigenvalue weighted by atomic mass is 9.53. The third-order valence-corrected chi connectivity index (χ3v) is 4.29. The first-order chi connectivity index (χ1) is 7.56. The Morgan fingerprint density at radius 1 is 1.44 bits per heavy atom. The molecule has 0 N–H and O–H groups in total. The molecule has 4 aliphatic rings. The number of ketones is 1. The van der Waals surface area contributed by atoms with Crippen LogP contribution in [0.5, 0.6) is 0 Å². The summed E-state index contributed by atoms with van der Waals surface area (Å²) in [5.74, 6) is -1.92. The van der Waals surface area contributed by atoms with Crippen molar-refractivity contribution in [1.29, 1.82) is 0 Å². The zero-order valence-corrected chi connectivity index (χ0v) is 8.93. The normalized spacial score (nSPS) is 44.4. The van der Waals surface area contributed by atoms with Crippen molar-refractivity contribution in [2.24, 2.45) is 23.2 Å². The van der Waals surface area contributed by atoms with Crippen LogP contribution in [0.25, 0.3) is 0 Å². The molecule has 0 aromatic carbocycles. The van der Waals surface area contributed by atoms with E-state index in [4.69, 9.17) is 4.74 Å². The summed E-state index contributed by atoms with van der Waals surface area (Å²) in [5.41, 5.74) is -0.775. The molecule has 4 atom stereocenters. The van der Waals surface area contributed by atoms with Gasteiger partial charge >= 0.3 is 11.9 Å². The van der Waals surface area contributed by atoms with Crippen LogP contribution in [0.2, 0.25) is 0 Å². The van der Waals surface area contributed by atoms with E-state index in [1.807, 2.05) is 12.2 Å². The highest BCUT2D eigenvalue weighted by Crippen LogP contribution is 2.56. The van der Waals surface area contributed by atoms with Gasteiger partial charge in [-0.3, -0.25) is 14.4 Å². The third kappa shape index (κ3) is 0.925. The predicted octanol–water partition coefficient (Wildman–Crippen LogP) is 0.857. The molecule has 84 valence electrons. The van der Waals surface area contributed by atoms with Crippen molar-refractivity contribution in [2.75, 3.05) is 0 Å². The fourth-order valence-corrected chi connectivity index (χ4v) is 3.42. The SMILES string of the molecule is CC(=O)[C@]12C=C[C@@H](CC1)[C@@H]1C(=O)OC(=O)[C@H]12. The molecule has 4 heteroatoms. The number of carbonyl (C=O) groups is 3. The largest absolute Gasteiger partial charge is 0.393 e. The lowest BCUT2D eigenvalue weighted by Gasteiger charge is -2.45. The molecule has 0 spiro atoms. The maximum Gasteiger partial charge on any atom is 0.318 e. The van der Waals surface area contributed by atoms with Gasteiger partial charge in [0.05, 0.1) is 17.3 Å². The second-order valence-electron chi connectivity index (χ2n) is 4.90. The molecule has 1 heterocycles. The summed E-state index contributed by atoms with van der Waals surface area (Å²) in [5, 5.41) is 0. The zero-order valence-electron chi connectivity index (χ0n) is 8.93. The van der Waals surface area contributed by atoms with Crippen molar-refractivity contribution in [1.82, 2.24) is 0 Å². The molecule has 0 radical (unpaired) electrons. The second kappa shape index (κ2) is 2.81. The van der Waals surface area contributed by atoms with Gasteiger partial charge in [0.2, 0.25) is 0 Å². The second-order valence-corrected chi connectivity index (χ2v) is 4.90. The lowest BCUT2D eigenvalue weighted by Crippen LogP contribution is -2.50. The number of hydrogen-bond acceptors (Lipinski definition) is 4. The molecule has 0 aromatic heterocycles. The summed E-state index contributed by atoms with van der Waals surface area (Å²) in [6.07, 6.45) is 5.18. The lowest BCUT2D eigenvalue weighted by molar-refractivity contribution is -0.155. The van der Waals surface area contributed by atoms with Gasteiger partial charge in [0.15, 0.2) is 0 Å².